The Morgan fingerprint density at radius 3 is 2.44 bits per heavy atom. The molecule has 6 nitrogen and oxygen atoms in total. The molecule has 0 bridgehead atoms. The molecule has 1 aromatic heterocycles. The molecule has 0 radical (unpaired) electrons. The number of carbonyl (C=O) groups is 1. The van der Waals surface area contributed by atoms with Crippen molar-refractivity contribution >= 4 is 53.4 Å². The zero-order valence-electron chi connectivity index (χ0n) is 15.0. The molecule has 0 N–H and O–H groups in total. The minimum atomic E-state index is -3.53. The summed E-state index contributed by atoms with van der Waals surface area (Å²) >= 11 is 4.90. The van der Waals surface area contributed by atoms with Gasteiger partial charge in [0, 0.05) is 30.7 Å². The summed E-state index contributed by atoms with van der Waals surface area (Å²) < 4.78 is 29.4. The van der Waals surface area contributed by atoms with Crippen molar-refractivity contribution < 1.29 is 13.2 Å². The highest BCUT2D eigenvalue weighted by Gasteiger charge is 2.17. The molecule has 142 valence electrons. The molecule has 0 unspecified atom stereocenters. The molecule has 2 aromatic carbocycles. The second kappa shape index (κ2) is 7.67. The van der Waals surface area contributed by atoms with Crippen molar-refractivity contribution in [3.8, 4) is 0 Å². The van der Waals surface area contributed by atoms with Crippen molar-refractivity contribution in [3.63, 3.8) is 0 Å². The van der Waals surface area contributed by atoms with E-state index in [0.717, 1.165) is 19.0 Å². The summed E-state index contributed by atoms with van der Waals surface area (Å²) in [6, 6.07) is 11.8. The van der Waals surface area contributed by atoms with Crippen LogP contribution >= 0.6 is 27.3 Å². The molecular weight excluding hydrogens is 450 g/mol. The van der Waals surface area contributed by atoms with Crippen molar-refractivity contribution in [1.82, 2.24) is 8.87 Å². The van der Waals surface area contributed by atoms with Gasteiger partial charge in [0.05, 0.1) is 15.1 Å². The Kier molecular flexibility index (Phi) is 5.66. The molecule has 1 amide bonds. The molecule has 3 rings (SSSR count). The standard InChI is InChI=1S/C18H18BrN3O3S2/c1-4-22-15-10-7-13(19)11-16(15)26-18(22)20-17(23)12-5-8-14(9-6-12)27(24,25)21(2)3/h5-11H,4H2,1-3H3. The first-order chi connectivity index (χ1) is 12.7. The summed E-state index contributed by atoms with van der Waals surface area (Å²) in [5, 5.41) is 0. The smallest absolute Gasteiger partial charge is 0.279 e. The molecule has 0 fully saturated rings. The number of fused-ring (bicyclic) bond motifs is 1. The molecule has 27 heavy (non-hydrogen) atoms. The first-order valence-electron chi connectivity index (χ1n) is 8.14. The van der Waals surface area contributed by atoms with Gasteiger partial charge >= 0.3 is 0 Å². The number of amides is 1. The highest BCUT2D eigenvalue weighted by atomic mass is 79.9. The van der Waals surface area contributed by atoms with Crippen LogP contribution in [0.15, 0.2) is 56.8 Å². The van der Waals surface area contributed by atoms with Gasteiger partial charge in [-0.05, 0) is 49.4 Å². The lowest BCUT2D eigenvalue weighted by Gasteiger charge is -2.11. The van der Waals surface area contributed by atoms with Gasteiger partial charge in [-0.2, -0.15) is 4.99 Å². The van der Waals surface area contributed by atoms with Crippen molar-refractivity contribution in [2.75, 3.05) is 14.1 Å². The second-order valence-corrected chi connectivity index (χ2v) is 10.0. The van der Waals surface area contributed by atoms with Gasteiger partial charge in [-0.15, -0.1) is 0 Å². The number of hydrogen-bond acceptors (Lipinski definition) is 4. The average molecular weight is 468 g/mol. The minimum Gasteiger partial charge on any atom is -0.317 e. The van der Waals surface area contributed by atoms with E-state index in [-0.39, 0.29) is 4.90 Å². The molecule has 9 heteroatoms. The first-order valence-corrected chi connectivity index (χ1v) is 11.2. The fraction of sp³-hybridized carbons (Fsp3) is 0.222. The Bertz CT molecular complexity index is 1180. The summed E-state index contributed by atoms with van der Waals surface area (Å²) in [6.07, 6.45) is 0. The van der Waals surface area contributed by atoms with Crippen LogP contribution in [-0.4, -0.2) is 37.3 Å². The zero-order chi connectivity index (χ0) is 19.8. The highest BCUT2D eigenvalue weighted by molar-refractivity contribution is 9.10. The van der Waals surface area contributed by atoms with E-state index in [2.05, 4.69) is 20.9 Å². The topological polar surface area (TPSA) is 71.7 Å². The van der Waals surface area contributed by atoms with Crippen LogP contribution in [0.25, 0.3) is 10.2 Å². The maximum absolute atomic E-state index is 12.6. The first kappa shape index (κ1) is 19.9. The Morgan fingerprint density at radius 2 is 1.85 bits per heavy atom. The predicted molar refractivity (Wildman–Crippen MR) is 110 cm³/mol. The molecular formula is C18H18BrN3O3S2. The van der Waals surface area contributed by atoms with E-state index in [0.29, 0.717) is 16.9 Å². The molecule has 0 aliphatic rings. The van der Waals surface area contributed by atoms with Crippen LogP contribution in [0.4, 0.5) is 0 Å². The SMILES string of the molecule is CCn1c(=NC(=O)c2ccc(S(=O)(=O)N(C)C)cc2)sc2cc(Br)ccc21. The van der Waals surface area contributed by atoms with Crippen LogP contribution in [0.3, 0.4) is 0 Å². The van der Waals surface area contributed by atoms with Crippen LogP contribution < -0.4 is 4.80 Å². The third kappa shape index (κ3) is 3.91. The largest absolute Gasteiger partial charge is 0.317 e. The number of nitrogens with zero attached hydrogens (tertiary/aromatic N) is 3. The zero-order valence-corrected chi connectivity index (χ0v) is 18.2. The number of halogens is 1. The summed E-state index contributed by atoms with van der Waals surface area (Å²) in [5.41, 5.74) is 1.36. The van der Waals surface area contributed by atoms with E-state index >= 15 is 0 Å². The maximum atomic E-state index is 12.6. The monoisotopic (exact) mass is 467 g/mol. The lowest BCUT2D eigenvalue weighted by atomic mass is 10.2. The normalized spacial score (nSPS) is 12.9. The molecule has 0 aliphatic carbocycles. The quantitative estimate of drug-likeness (QED) is 0.589. The summed E-state index contributed by atoms with van der Waals surface area (Å²) in [6.45, 7) is 2.69. The number of rotatable bonds is 4. The number of aromatic nitrogens is 1. The van der Waals surface area contributed by atoms with Crippen LogP contribution in [0.5, 0.6) is 0 Å². The fourth-order valence-electron chi connectivity index (χ4n) is 2.57. The molecule has 0 saturated carbocycles. The third-order valence-corrected chi connectivity index (χ3v) is 7.40. The van der Waals surface area contributed by atoms with Crippen LogP contribution in [0.1, 0.15) is 17.3 Å². The van der Waals surface area contributed by atoms with Crippen LogP contribution in [-0.2, 0) is 16.6 Å². The number of aryl methyl sites for hydroxylation is 1. The van der Waals surface area contributed by atoms with Crippen LogP contribution in [0, 0.1) is 0 Å². The van der Waals surface area contributed by atoms with Gasteiger partial charge in [-0.3, -0.25) is 4.79 Å². The van der Waals surface area contributed by atoms with Gasteiger partial charge in [-0.1, -0.05) is 27.3 Å². The van der Waals surface area contributed by atoms with Gasteiger partial charge in [0.25, 0.3) is 5.91 Å². The number of carbonyl (C=O) groups excluding carboxylic acids is 1. The second-order valence-electron chi connectivity index (χ2n) is 5.97. The third-order valence-electron chi connectivity index (χ3n) is 4.04. The number of benzene rings is 2. The van der Waals surface area contributed by atoms with E-state index < -0.39 is 15.9 Å². The molecule has 1 heterocycles. The van der Waals surface area contributed by atoms with E-state index in [9.17, 15) is 13.2 Å². The minimum absolute atomic E-state index is 0.138. The Hall–Kier alpha value is -1.81. The van der Waals surface area contributed by atoms with E-state index in [1.807, 2.05) is 29.7 Å². The lowest BCUT2D eigenvalue weighted by Crippen LogP contribution is -2.22. The predicted octanol–water partition coefficient (Wildman–Crippen LogP) is 3.48. The average Bonchev–Trinajstić information content (AvgIpc) is 2.97. The summed E-state index contributed by atoms with van der Waals surface area (Å²) in [7, 11) is -0.595. The van der Waals surface area contributed by atoms with Crippen molar-refractivity contribution in [2.45, 2.75) is 18.4 Å². The molecule has 0 atom stereocenters. The van der Waals surface area contributed by atoms with E-state index in [1.54, 1.807) is 0 Å². The molecule has 0 saturated heterocycles. The number of hydrogen-bond donors (Lipinski definition) is 0. The van der Waals surface area contributed by atoms with Gasteiger partial charge in [-0.25, -0.2) is 12.7 Å². The van der Waals surface area contributed by atoms with E-state index in [4.69, 9.17) is 0 Å². The maximum Gasteiger partial charge on any atom is 0.279 e. The Balaban J connectivity index is 2.01. The Labute approximate surface area is 170 Å². The highest BCUT2D eigenvalue weighted by Crippen LogP contribution is 2.22. The van der Waals surface area contributed by atoms with Crippen molar-refractivity contribution in [1.29, 1.82) is 0 Å². The van der Waals surface area contributed by atoms with Crippen LogP contribution in [0.2, 0.25) is 0 Å². The van der Waals surface area contributed by atoms with Gasteiger partial charge in [0.1, 0.15) is 0 Å². The van der Waals surface area contributed by atoms with Crippen molar-refractivity contribution in [3.05, 3.63) is 57.3 Å². The van der Waals surface area contributed by atoms with E-state index in [1.165, 1.54) is 49.7 Å². The lowest BCUT2D eigenvalue weighted by molar-refractivity contribution is 0.0997. The van der Waals surface area contributed by atoms with Gasteiger partial charge in [0.15, 0.2) is 4.80 Å². The summed E-state index contributed by atoms with van der Waals surface area (Å²) in [5.74, 6) is -0.406. The number of sulfonamides is 1. The van der Waals surface area contributed by atoms with Crippen molar-refractivity contribution in [2.24, 2.45) is 4.99 Å². The van der Waals surface area contributed by atoms with Gasteiger partial charge in [0.2, 0.25) is 10.0 Å². The number of thiazole rings is 1. The van der Waals surface area contributed by atoms with Gasteiger partial charge < -0.3 is 4.57 Å². The summed E-state index contributed by atoms with van der Waals surface area (Å²) in [4.78, 5) is 17.6. The molecule has 0 spiro atoms. The molecule has 3 aromatic rings. The fourth-order valence-corrected chi connectivity index (χ4v) is 5.12. The molecule has 0 aliphatic heterocycles. The Morgan fingerprint density at radius 1 is 1.19 bits per heavy atom.